The molecule has 1 nitrogen and oxygen atoms in total. The Morgan fingerprint density at radius 3 is 2.26 bits per heavy atom. The van der Waals surface area contributed by atoms with Crippen LogP contribution in [0.25, 0.3) is 43.1 Å². The van der Waals surface area contributed by atoms with E-state index in [1.807, 2.05) is 6.07 Å². The van der Waals surface area contributed by atoms with Crippen LogP contribution in [-0.2, 0) is 6.42 Å². The molecule has 0 radical (unpaired) electrons. The molecule has 0 aromatic heterocycles. The zero-order valence-corrected chi connectivity index (χ0v) is 15.9. The summed E-state index contributed by atoms with van der Waals surface area (Å²) in [6, 6.07) is 22.3. The number of anilines is 1. The summed E-state index contributed by atoms with van der Waals surface area (Å²) in [5.74, 6) is 0. The predicted octanol–water partition coefficient (Wildman–Crippen LogP) is 7.44. The van der Waals surface area contributed by atoms with E-state index in [1.165, 1.54) is 74.3 Å². The lowest BCUT2D eigenvalue weighted by atomic mass is 9.88. The Balaban J connectivity index is 1.84. The van der Waals surface area contributed by atoms with Crippen molar-refractivity contribution < 1.29 is 0 Å². The molecule has 5 aromatic rings. The molecule has 0 atom stereocenters. The third-order valence-corrected chi connectivity index (χ3v) is 6.01. The van der Waals surface area contributed by atoms with Gasteiger partial charge in [0.05, 0.1) is 0 Å². The number of benzene rings is 5. The van der Waals surface area contributed by atoms with E-state index < -0.39 is 0 Å². The standard InChI is InChI=1S/C26H25N/c1-2-3-4-5-8-17-15-18-9-6-10-19-21-13-14-24(27)22-12-7-11-20(26(21)22)23(16-17)25(18)19/h6-7,9-16H,2-5,8,27H2,1H3. The fourth-order valence-corrected chi connectivity index (χ4v) is 4.71. The van der Waals surface area contributed by atoms with Crippen molar-refractivity contribution in [3.8, 4) is 0 Å². The highest BCUT2D eigenvalue weighted by Crippen LogP contribution is 2.42. The van der Waals surface area contributed by atoms with Crippen LogP contribution in [0.15, 0.2) is 60.7 Å². The summed E-state index contributed by atoms with van der Waals surface area (Å²) in [6.45, 7) is 2.27. The highest BCUT2D eigenvalue weighted by Gasteiger charge is 2.14. The fourth-order valence-electron chi connectivity index (χ4n) is 4.71. The van der Waals surface area contributed by atoms with Crippen molar-refractivity contribution in [3.63, 3.8) is 0 Å². The lowest BCUT2D eigenvalue weighted by molar-refractivity contribution is 0.667. The SMILES string of the molecule is CCCCCCc1cc2cccc3c4ccc(N)c5cccc(c(c1)c23)c54. The Morgan fingerprint density at radius 2 is 1.41 bits per heavy atom. The Hall–Kier alpha value is -2.80. The number of rotatable bonds is 5. The molecule has 5 aromatic carbocycles. The van der Waals surface area contributed by atoms with Crippen molar-refractivity contribution in [1.82, 2.24) is 0 Å². The lowest BCUT2D eigenvalue weighted by Gasteiger charge is -2.16. The van der Waals surface area contributed by atoms with E-state index in [-0.39, 0.29) is 0 Å². The number of hydrogen-bond donors (Lipinski definition) is 1. The number of fused-ring (bicyclic) bond motifs is 2. The van der Waals surface area contributed by atoms with Gasteiger partial charge < -0.3 is 5.73 Å². The highest BCUT2D eigenvalue weighted by molar-refractivity contribution is 6.33. The topological polar surface area (TPSA) is 26.0 Å². The molecule has 1 heteroatoms. The van der Waals surface area contributed by atoms with Gasteiger partial charge in [0.1, 0.15) is 0 Å². The van der Waals surface area contributed by atoms with Crippen molar-refractivity contribution >= 4 is 48.8 Å². The molecule has 0 spiro atoms. The van der Waals surface area contributed by atoms with Gasteiger partial charge in [-0.3, -0.25) is 0 Å². The molecule has 27 heavy (non-hydrogen) atoms. The highest BCUT2D eigenvalue weighted by atomic mass is 14.5. The van der Waals surface area contributed by atoms with Crippen LogP contribution in [-0.4, -0.2) is 0 Å². The first-order valence-electron chi connectivity index (χ1n) is 10.2. The maximum atomic E-state index is 6.31. The second-order valence-corrected chi connectivity index (χ2v) is 7.79. The Bertz CT molecular complexity index is 1270. The molecule has 0 aliphatic heterocycles. The molecule has 5 rings (SSSR count). The smallest absolute Gasteiger partial charge is 0.0394 e. The summed E-state index contributed by atoms with van der Waals surface area (Å²) in [5.41, 5.74) is 8.63. The Morgan fingerprint density at radius 1 is 0.667 bits per heavy atom. The van der Waals surface area contributed by atoms with E-state index in [0.29, 0.717) is 0 Å². The fraction of sp³-hybridized carbons (Fsp3) is 0.231. The molecule has 0 fully saturated rings. The Kier molecular flexibility index (Phi) is 3.89. The zero-order valence-electron chi connectivity index (χ0n) is 15.9. The summed E-state index contributed by atoms with van der Waals surface area (Å²) in [5, 5.41) is 10.6. The van der Waals surface area contributed by atoms with E-state index >= 15 is 0 Å². The van der Waals surface area contributed by atoms with Gasteiger partial charge in [-0.05, 0) is 62.2 Å². The molecule has 0 unspecified atom stereocenters. The van der Waals surface area contributed by atoms with Gasteiger partial charge in [0, 0.05) is 11.1 Å². The quantitative estimate of drug-likeness (QED) is 0.151. The molecular formula is C26H25N. The number of nitrogens with two attached hydrogens (primary N) is 1. The minimum atomic E-state index is 0.863. The average Bonchev–Trinajstić information content (AvgIpc) is 2.70. The molecule has 0 aliphatic rings. The molecule has 0 bridgehead atoms. The van der Waals surface area contributed by atoms with Crippen LogP contribution in [0.4, 0.5) is 5.69 Å². The van der Waals surface area contributed by atoms with Crippen molar-refractivity contribution in [3.05, 3.63) is 66.2 Å². The summed E-state index contributed by atoms with van der Waals surface area (Å²) < 4.78 is 0. The minimum absolute atomic E-state index is 0.863. The van der Waals surface area contributed by atoms with E-state index in [1.54, 1.807) is 0 Å². The van der Waals surface area contributed by atoms with E-state index in [9.17, 15) is 0 Å². The molecule has 2 N–H and O–H groups in total. The molecule has 0 aliphatic carbocycles. The van der Waals surface area contributed by atoms with Gasteiger partial charge >= 0.3 is 0 Å². The van der Waals surface area contributed by atoms with Gasteiger partial charge in [0.25, 0.3) is 0 Å². The minimum Gasteiger partial charge on any atom is -0.398 e. The number of aryl methyl sites for hydroxylation is 1. The average molecular weight is 351 g/mol. The van der Waals surface area contributed by atoms with E-state index in [2.05, 4.69) is 61.5 Å². The number of nitrogen functional groups attached to an aromatic ring is 1. The zero-order chi connectivity index (χ0) is 18.4. The normalized spacial score (nSPS) is 12.0. The van der Waals surface area contributed by atoms with Gasteiger partial charge in [-0.1, -0.05) is 80.8 Å². The monoisotopic (exact) mass is 351 g/mol. The van der Waals surface area contributed by atoms with Gasteiger partial charge in [0.15, 0.2) is 0 Å². The first kappa shape index (κ1) is 16.4. The van der Waals surface area contributed by atoms with Crippen LogP contribution in [0.5, 0.6) is 0 Å². The van der Waals surface area contributed by atoms with Gasteiger partial charge in [-0.15, -0.1) is 0 Å². The van der Waals surface area contributed by atoms with Gasteiger partial charge in [-0.25, -0.2) is 0 Å². The third-order valence-electron chi connectivity index (χ3n) is 6.01. The number of unbranched alkanes of at least 4 members (excludes halogenated alkanes) is 3. The maximum Gasteiger partial charge on any atom is 0.0394 e. The largest absolute Gasteiger partial charge is 0.398 e. The molecule has 0 saturated carbocycles. The van der Waals surface area contributed by atoms with Crippen LogP contribution in [0.2, 0.25) is 0 Å². The number of hydrogen-bond acceptors (Lipinski definition) is 1. The van der Waals surface area contributed by atoms with Crippen LogP contribution in [0, 0.1) is 0 Å². The summed E-state index contributed by atoms with van der Waals surface area (Å²) in [6.07, 6.45) is 6.36. The first-order valence-corrected chi connectivity index (χ1v) is 10.2. The molecule has 0 saturated heterocycles. The molecule has 0 amide bonds. The van der Waals surface area contributed by atoms with Crippen molar-refractivity contribution in [2.45, 2.75) is 39.0 Å². The predicted molar refractivity (Wildman–Crippen MR) is 120 cm³/mol. The van der Waals surface area contributed by atoms with E-state index in [4.69, 9.17) is 5.73 Å². The first-order chi connectivity index (χ1) is 13.3. The lowest BCUT2D eigenvalue weighted by Crippen LogP contribution is -1.93. The molecular weight excluding hydrogens is 326 g/mol. The third kappa shape index (κ3) is 2.53. The van der Waals surface area contributed by atoms with Crippen LogP contribution in [0.1, 0.15) is 38.2 Å². The Labute approximate surface area is 160 Å². The van der Waals surface area contributed by atoms with Crippen LogP contribution < -0.4 is 5.73 Å². The van der Waals surface area contributed by atoms with Crippen molar-refractivity contribution in [2.75, 3.05) is 5.73 Å². The molecule has 134 valence electrons. The van der Waals surface area contributed by atoms with Crippen molar-refractivity contribution in [1.29, 1.82) is 0 Å². The van der Waals surface area contributed by atoms with E-state index in [0.717, 1.165) is 12.1 Å². The summed E-state index contributed by atoms with van der Waals surface area (Å²) >= 11 is 0. The molecule has 0 heterocycles. The maximum absolute atomic E-state index is 6.31. The second-order valence-electron chi connectivity index (χ2n) is 7.79. The van der Waals surface area contributed by atoms with Crippen LogP contribution in [0.3, 0.4) is 0 Å². The van der Waals surface area contributed by atoms with Gasteiger partial charge in [-0.2, -0.15) is 0 Å². The van der Waals surface area contributed by atoms with Gasteiger partial charge in [0.2, 0.25) is 0 Å². The summed E-state index contributed by atoms with van der Waals surface area (Å²) in [7, 11) is 0. The second kappa shape index (κ2) is 6.42. The summed E-state index contributed by atoms with van der Waals surface area (Å²) in [4.78, 5) is 0. The van der Waals surface area contributed by atoms with Crippen LogP contribution >= 0.6 is 0 Å². The van der Waals surface area contributed by atoms with Crippen molar-refractivity contribution in [2.24, 2.45) is 0 Å².